The Kier molecular flexibility index (Phi) is 13.8. The zero-order chi connectivity index (χ0) is 60.0. The second kappa shape index (κ2) is 21.5. The van der Waals surface area contributed by atoms with Crippen molar-refractivity contribution in [2.75, 3.05) is 9.80 Å². The third-order valence-electron chi connectivity index (χ3n) is 19.1. The van der Waals surface area contributed by atoms with E-state index in [0.717, 1.165) is 12.8 Å². The van der Waals surface area contributed by atoms with E-state index in [9.17, 15) is 0 Å². The fraction of sp³-hybridized carbons (Fsp3) is 0.214. The molecule has 1 fully saturated rings. The Morgan fingerprint density at radius 2 is 0.655 bits per heavy atom. The highest BCUT2D eigenvalue weighted by Gasteiger charge is 2.47. The molecule has 0 saturated heterocycles. The number of anilines is 6. The van der Waals surface area contributed by atoms with Gasteiger partial charge in [-0.2, -0.15) is 0 Å². The summed E-state index contributed by atoms with van der Waals surface area (Å²) < 4.78 is 0. The van der Waals surface area contributed by atoms with Gasteiger partial charge >= 0.3 is 0 Å². The maximum atomic E-state index is 2.73. The molecule has 0 N–H and O–H groups in total. The van der Waals surface area contributed by atoms with Crippen LogP contribution in [0.2, 0.25) is 0 Å². The van der Waals surface area contributed by atoms with E-state index in [0.29, 0.717) is 5.92 Å². The molecule has 2 heterocycles. The van der Waals surface area contributed by atoms with Crippen LogP contribution in [-0.2, 0) is 10.8 Å². The van der Waals surface area contributed by atoms with Crippen LogP contribution in [0.1, 0.15) is 111 Å². The summed E-state index contributed by atoms with van der Waals surface area (Å²) in [4.78, 5) is 5.45. The summed E-state index contributed by atoms with van der Waals surface area (Å²) in [5.74, 6) is 0.308. The molecule has 0 atom stereocenters. The van der Waals surface area contributed by atoms with Crippen molar-refractivity contribution in [3.8, 4) is 66.8 Å². The number of hydrogen-bond donors (Lipinski definition) is 0. The van der Waals surface area contributed by atoms with Gasteiger partial charge in [0, 0.05) is 45.0 Å². The molecule has 1 aliphatic carbocycles. The molecular weight excluding hydrogens is 1050 g/mol. The van der Waals surface area contributed by atoms with E-state index >= 15 is 0 Å². The lowest BCUT2D eigenvalue weighted by Crippen LogP contribution is -2.61. The highest BCUT2D eigenvalue weighted by atomic mass is 15.2. The van der Waals surface area contributed by atoms with Crippen molar-refractivity contribution in [2.45, 2.75) is 105 Å². The average molecular weight is 1130 g/mol. The van der Waals surface area contributed by atoms with Crippen LogP contribution in [0, 0.1) is 10.8 Å². The number of benzene rings is 11. The zero-order valence-corrected chi connectivity index (χ0v) is 52.4. The minimum atomic E-state index is -0.156. The normalized spacial score (nSPS) is 15.2. The van der Waals surface area contributed by atoms with Crippen molar-refractivity contribution in [2.24, 2.45) is 10.8 Å². The van der Waals surface area contributed by atoms with Gasteiger partial charge in [0.15, 0.2) is 0 Å². The first-order valence-electron chi connectivity index (χ1n) is 31.6. The number of hydrogen-bond acceptors (Lipinski definition) is 2. The predicted octanol–water partition coefficient (Wildman–Crippen LogP) is 21.7. The van der Waals surface area contributed by atoms with Gasteiger partial charge in [0.05, 0.1) is 11.4 Å². The average Bonchev–Trinajstić information content (AvgIpc) is 0.712. The summed E-state index contributed by atoms with van der Waals surface area (Å²) in [5.41, 5.74) is 29.9. The largest absolute Gasteiger partial charge is 0.310 e. The van der Waals surface area contributed by atoms with Gasteiger partial charge in [0.25, 0.3) is 6.71 Å². The Balaban J connectivity index is 1.15. The minimum absolute atomic E-state index is 0.0293. The van der Waals surface area contributed by atoms with E-state index in [-0.39, 0.29) is 28.4 Å². The van der Waals surface area contributed by atoms with Gasteiger partial charge < -0.3 is 9.80 Å². The molecule has 0 aromatic heterocycles. The third kappa shape index (κ3) is 10.3. The Bertz CT molecular complexity index is 3960. The molecule has 11 aromatic carbocycles. The Morgan fingerprint density at radius 3 is 0.977 bits per heavy atom. The van der Waals surface area contributed by atoms with Crippen LogP contribution in [0.25, 0.3) is 66.8 Å². The fourth-order valence-corrected chi connectivity index (χ4v) is 15.5. The molecule has 0 amide bonds. The molecule has 2 nitrogen and oxygen atoms in total. The van der Waals surface area contributed by atoms with Crippen molar-refractivity contribution < 1.29 is 0 Å². The van der Waals surface area contributed by atoms with Gasteiger partial charge in [-0.05, 0) is 149 Å². The van der Waals surface area contributed by atoms with Crippen molar-refractivity contribution in [3.63, 3.8) is 0 Å². The topological polar surface area (TPSA) is 6.48 Å². The van der Waals surface area contributed by atoms with Crippen LogP contribution in [0.5, 0.6) is 0 Å². The molecule has 3 aliphatic rings. The molecule has 87 heavy (non-hydrogen) atoms. The summed E-state index contributed by atoms with van der Waals surface area (Å²) in [6.07, 6.45) is 3.39. The van der Waals surface area contributed by atoms with Crippen molar-refractivity contribution in [3.05, 3.63) is 271 Å². The molecular formula is C84H79BN2. The van der Waals surface area contributed by atoms with Gasteiger partial charge in [0.2, 0.25) is 0 Å². The Labute approximate surface area is 518 Å². The molecule has 11 aromatic rings. The second-order valence-electron chi connectivity index (χ2n) is 28.8. The predicted molar refractivity (Wildman–Crippen MR) is 375 cm³/mol. The van der Waals surface area contributed by atoms with Crippen LogP contribution >= 0.6 is 0 Å². The lowest BCUT2D eigenvalue weighted by Gasteiger charge is -2.48. The minimum Gasteiger partial charge on any atom is -0.310 e. The summed E-state index contributed by atoms with van der Waals surface area (Å²) in [6, 6.07) is 97.4. The maximum absolute atomic E-state index is 2.73. The lowest BCUT2D eigenvalue weighted by molar-refractivity contribution is 0.0969. The van der Waals surface area contributed by atoms with Crippen molar-refractivity contribution >= 4 is 57.2 Å². The Morgan fingerprint density at radius 1 is 0.333 bits per heavy atom. The molecule has 1 saturated carbocycles. The van der Waals surface area contributed by atoms with Crippen molar-refractivity contribution in [1.82, 2.24) is 0 Å². The smallest absolute Gasteiger partial charge is 0.252 e. The molecule has 428 valence electrons. The molecule has 14 rings (SSSR count). The molecule has 3 heteroatoms. The Hall–Kier alpha value is -8.92. The van der Waals surface area contributed by atoms with Crippen molar-refractivity contribution in [1.29, 1.82) is 0 Å². The number of nitrogens with zero attached hydrogens (tertiary/aromatic N) is 2. The number of rotatable bonds is 9. The molecule has 2 aliphatic heterocycles. The molecule has 0 bridgehead atoms. The van der Waals surface area contributed by atoms with Gasteiger partial charge in [-0.25, -0.2) is 0 Å². The fourth-order valence-electron chi connectivity index (χ4n) is 15.5. The SMILES string of the molecule is CC1(C)CC(c2cc3c4c(c2)N(c2c(-c5ccccc5)cccc2-c2ccccc2)c2ccc(-c5ccc(C(C)(C)C)cc5)cc2B4c2cc(-c4ccc(C(C)(C)C)cc4)ccc2N3c2c(-c3ccccc3)cccc2-c2ccccc2)CC(C)(C)C1. The van der Waals surface area contributed by atoms with E-state index in [4.69, 9.17) is 0 Å². The molecule has 0 spiro atoms. The van der Waals surface area contributed by atoms with Crippen LogP contribution in [-0.4, -0.2) is 6.71 Å². The van der Waals surface area contributed by atoms with E-state index < -0.39 is 0 Å². The monoisotopic (exact) mass is 1130 g/mol. The van der Waals surface area contributed by atoms with E-state index in [1.807, 2.05) is 0 Å². The van der Waals surface area contributed by atoms with E-state index in [1.54, 1.807) is 0 Å². The van der Waals surface area contributed by atoms with Gasteiger partial charge in [-0.3, -0.25) is 0 Å². The standard InChI is InChI=1S/C84H79BN2/c1-81(2,3)66-43-37-56(38-44-66)62-41-47-74-72(49-62)85-73-50-63(57-39-45-67(46-40-57)82(4,5)6)42-48-75(73)87(80-70(60-29-19-13-20-30-60)35-24-36-71(80)61-31-21-14-22-32-61)77-52-64(65-53-83(7,8)55-84(9,10)54-65)51-76(78(77)85)86(74)79-68(58-25-15-11-16-26-58)33-23-34-69(79)59-27-17-12-18-28-59/h11-52,65H,53-55H2,1-10H3. The van der Waals surface area contributed by atoms with Crippen LogP contribution in [0.3, 0.4) is 0 Å². The lowest BCUT2D eigenvalue weighted by atomic mass is 9.33. The van der Waals surface area contributed by atoms with Gasteiger partial charge in [-0.15, -0.1) is 0 Å². The van der Waals surface area contributed by atoms with Crippen LogP contribution in [0.4, 0.5) is 34.1 Å². The zero-order valence-electron chi connectivity index (χ0n) is 52.4. The first-order chi connectivity index (χ1) is 41.9. The maximum Gasteiger partial charge on any atom is 0.252 e. The summed E-state index contributed by atoms with van der Waals surface area (Å²) in [6.45, 7) is 23.7. The quantitative estimate of drug-likeness (QED) is 0.133. The third-order valence-corrected chi connectivity index (χ3v) is 19.1. The molecule has 0 radical (unpaired) electrons. The first kappa shape index (κ1) is 55.9. The number of para-hydroxylation sites is 2. The highest BCUT2D eigenvalue weighted by molar-refractivity contribution is 7.00. The number of fused-ring (bicyclic) bond motifs is 4. The first-order valence-corrected chi connectivity index (χ1v) is 31.6. The van der Waals surface area contributed by atoms with E-state index in [2.05, 4.69) is 334 Å². The second-order valence-corrected chi connectivity index (χ2v) is 28.8. The van der Waals surface area contributed by atoms with Crippen LogP contribution in [0.15, 0.2) is 255 Å². The highest BCUT2D eigenvalue weighted by Crippen LogP contribution is 2.57. The van der Waals surface area contributed by atoms with Crippen LogP contribution < -0.4 is 26.2 Å². The summed E-state index contributed by atoms with van der Waals surface area (Å²) in [5, 5.41) is 0. The van der Waals surface area contributed by atoms with Gasteiger partial charge in [-0.1, -0.05) is 300 Å². The molecule has 0 unspecified atom stereocenters. The summed E-state index contributed by atoms with van der Waals surface area (Å²) in [7, 11) is 0. The van der Waals surface area contributed by atoms with E-state index in [1.165, 1.54) is 140 Å². The van der Waals surface area contributed by atoms with Gasteiger partial charge in [0.1, 0.15) is 0 Å². The summed E-state index contributed by atoms with van der Waals surface area (Å²) >= 11 is 0.